The van der Waals surface area contributed by atoms with Crippen molar-refractivity contribution in [1.82, 2.24) is 9.55 Å². The molecule has 5 heteroatoms. The second-order valence-electron chi connectivity index (χ2n) is 4.85. The Balaban J connectivity index is 1.83. The molecule has 2 aromatic rings. The summed E-state index contributed by atoms with van der Waals surface area (Å²) in [7, 11) is 0. The molecule has 1 aromatic carbocycles. The molecule has 0 unspecified atom stereocenters. The Morgan fingerprint density at radius 2 is 2.11 bits per heavy atom. The van der Waals surface area contributed by atoms with Gasteiger partial charge in [-0.15, -0.1) is 0 Å². The van der Waals surface area contributed by atoms with Gasteiger partial charge in [0, 0.05) is 28.6 Å². The molecule has 0 radical (unpaired) electrons. The standard InChI is InChI=1S/C14H15BrClN3/c15-12-6-5-10(9-13(12)16)18-14-17-7-8-19(14)11-3-1-2-4-11/h5-9,11H,1-4H2,(H,17,18). The predicted molar refractivity (Wildman–Crippen MR) is 82.2 cm³/mol. The number of nitrogens with zero attached hydrogens (tertiary/aromatic N) is 2. The maximum Gasteiger partial charge on any atom is 0.207 e. The van der Waals surface area contributed by atoms with Crippen molar-refractivity contribution in [2.75, 3.05) is 5.32 Å². The van der Waals surface area contributed by atoms with Crippen LogP contribution < -0.4 is 5.32 Å². The van der Waals surface area contributed by atoms with Gasteiger partial charge in [0.1, 0.15) is 0 Å². The smallest absolute Gasteiger partial charge is 0.207 e. The molecule has 1 heterocycles. The lowest BCUT2D eigenvalue weighted by atomic mass is 10.2. The molecule has 0 atom stereocenters. The van der Waals surface area contributed by atoms with E-state index in [1.165, 1.54) is 25.7 Å². The van der Waals surface area contributed by atoms with Crippen molar-refractivity contribution in [3.8, 4) is 0 Å². The monoisotopic (exact) mass is 339 g/mol. The third kappa shape index (κ3) is 2.79. The Labute approximate surface area is 126 Å². The van der Waals surface area contributed by atoms with Crippen molar-refractivity contribution >= 4 is 39.2 Å². The molecule has 1 N–H and O–H groups in total. The average molecular weight is 341 g/mol. The fourth-order valence-corrected chi connectivity index (χ4v) is 3.02. The minimum absolute atomic E-state index is 0.580. The molecule has 1 saturated carbocycles. The first-order valence-corrected chi connectivity index (χ1v) is 7.66. The Kier molecular flexibility index (Phi) is 3.80. The van der Waals surface area contributed by atoms with Crippen molar-refractivity contribution in [3.63, 3.8) is 0 Å². The van der Waals surface area contributed by atoms with E-state index in [9.17, 15) is 0 Å². The SMILES string of the molecule is Clc1cc(Nc2nccn2C2CCCC2)ccc1Br. The molecule has 0 aliphatic heterocycles. The van der Waals surface area contributed by atoms with Crippen LogP contribution in [0.15, 0.2) is 35.1 Å². The minimum atomic E-state index is 0.580. The summed E-state index contributed by atoms with van der Waals surface area (Å²) in [6.45, 7) is 0. The van der Waals surface area contributed by atoms with E-state index >= 15 is 0 Å². The first-order chi connectivity index (χ1) is 9.24. The molecule has 3 nitrogen and oxygen atoms in total. The highest BCUT2D eigenvalue weighted by atomic mass is 79.9. The summed E-state index contributed by atoms with van der Waals surface area (Å²) in [5.74, 6) is 0.894. The molecule has 0 amide bonds. The van der Waals surface area contributed by atoms with Gasteiger partial charge >= 0.3 is 0 Å². The first-order valence-electron chi connectivity index (χ1n) is 6.49. The van der Waals surface area contributed by atoms with Gasteiger partial charge in [-0.05, 0) is 47.0 Å². The van der Waals surface area contributed by atoms with Crippen molar-refractivity contribution < 1.29 is 0 Å². The fraction of sp³-hybridized carbons (Fsp3) is 0.357. The Morgan fingerprint density at radius 1 is 1.32 bits per heavy atom. The highest BCUT2D eigenvalue weighted by molar-refractivity contribution is 9.10. The number of imidazole rings is 1. The van der Waals surface area contributed by atoms with Gasteiger partial charge in [-0.25, -0.2) is 4.98 Å². The van der Waals surface area contributed by atoms with E-state index in [-0.39, 0.29) is 0 Å². The Hall–Kier alpha value is -1.00. The quantitative estimate of drug-likeness (QED) is 0.836. The zero-order chi connectivity index (χ0) is 13.2. The number of rotatable bonds is 3. The molecule has 100 valence electrons. The van der Waals surface area contributed by atoms with E-state index < -0.39 is 0 Å². The maximum atomic E-state index is 6.11. The lowest BCUT2D eigenvalue weighted by Crippen LogP contribution is -2.07. The molecule has 3 rings (SSSR count). The number of hydrogen-bond donors (Lipinski definition) is 1. The lowest BCUT2D eigenvalue weighted by Gasteiger charge is -2.15. The van der Waals surface area contributed by atoms with E-state index in [4.69, 9.17) is 11.6 Å². The molecular formula is C14H15BrClN3. The zero-order valence-electron chi connectivity index (χ0n) is 10.4. The number of aromatic nitrogens is 2. The van der Waals surface area contributed by atoms with E-state index in [2.05, 4.69) is 37.0 Å². The molecule has 1 aromatic heterocycles. The normalized spacial score (nSPS) is 15.9. The number of anilines is 2. The zero-order valence-corrected chi connectivity index (χ0v) is 12.8. The number of halogens is 2. The van der Waals surface area contributed by atoms with Crippen LogP contribution in [0.1, 0.15) is 31.7 Å². The van der Waals surface area contributed by atoms with Crippen molar-refractivity contribution in [2.45, 2.75) is 31.7 Å². The first kappa shape index (κ1) is 13.0. The topological polar surface area (TPSA) is 29.9 Å². The highest BCUT2D eigenvalue weighted by Gasteiger charge is 2.19. The summed E-state index contributed by atoms with van der Waals surface area (Å²) in [4.78, 5) is 4.41. The summed E-state index contributed by atoms with van der Waals surface area (Å²) in [6, 6.07) is 6.41. The van der Waals surface area contributed by atoms with E-state index in [1.54, 1.807) is 0 Å². The molecule has 1 fully saturated rings. The second-order valence-corrected chi connectivity index (χ2v) is 6.11. The van der Waals surface area contributed by atoms with Gasteiger partial charge in [-0.1, -0.05) is 24.4 Å². The number of nitrogens with one attached hydrogen (secondary N) is 1. The van der Waals surface area contributed by atoms with Crippen LogP contribution in [-0.2, 0) is 0 Å². The van der Waals surface area contributed by atoms with Gasteiger partial charge < -0.3 is 9.88 Å². The lowest BCUT2D eigenvalue weighted by molar-refractivity contribution is 0.525. The molecule has 0 bridgehead atoms. The second kappa shape index (κ2) is 5.55. The number of benzene rings is 1. The van der Waals surface area contributed by atoms with Crippen LogP contribution in [0.5, 0.6) is 0 Å². The summed E-state index contributed by atoms with van der Waals surface area (Å²) in [5, 5.41) is 4.04. The van der Waals surface area contributed by atoms with Crippen LogP contribution in [0.25, 0.3) is 0 Å². The molecule has 19 heavy (non-hydrogen) atoms. The van der Waals surface area contributed by atoms with Crippen LogP contribution in [0.4, 0.5) is 11.6 Å². The summed E-state index contributed by atoms with van der Waals surface area (Å²) < 4.78 is 3.14. The Bertz CT molecular complexity index is 576. The van der Waals surface area contributed by atoms with Crippen LogP contribution in [-0.4, -0.2) is 9.55 Å². The van der Waals surface area contributed by atoms with Crippen molar-refractivity contribution in [2.24, 2.45) is 0 Å². The molecule has 0 spiro atoms. The van der Waals surface area contributed by atoms with E-state index in [0.717, 1.165) is 16.1 Å². The van der Waals surface area contributed by atoms with Gasteiger partial charge in [0.2, 0.25) is 5.95 Å². The van der Waals surface area contributed by atoms with Gasteiger partial charge in [0.05, 0.1) is 5.02 Å². The average Bonchev–Trinajstić information content (AvgIpc) is 3.04. The summed E-state index contributed by atoms with van der Waals surface area (Å²) in [5.41, 5.74) is 0.957. The third-order valence-corrected chi connectivity index (χ3v) is 4.79. The van der Waals surface area contributed by atoms with Crippen LogP contribution in [0, 0.1) is 0 Å². The van der Waals surface area contributed by atoms with Crippen molar-refractivity contribution in [3.05, 3.63) is 40.1 Å². The largest absolute Gasteiger partial charge is 0.326 e. The minimum Gasteiger partial charge on any atom is -0.326 e. The van der Waals surface area contributed by atoms with Crippen LogP contribution in [0.3, 0.4) is 0 Å². The highest BCUT2D eigenvalue weighted by Crippen LogP contribution is 2.33. The molecule has 0 saturated heterocycles. The van der Waals surface area contributed by atoms with Gasteiger partial charge in [-0.2, -0.15) is 0 Å². The maximum absolute atomic E-state index is 6.11. The fourth-order valence-electron chi connectivity index (χ4n) is 2.59. The summed E-state index contributed by atoms with van der Waals surface area (Å²) >= 11 is 9.50. The van der Waals surface area contributed by atoms with Crippen molar-refractivity contribution in [1.29, 1.82) is 0 Å². The van der Waals surface area contributed by atoms with Gasteiger partial charge in [0.15, 0.2) is 0 Å². The van der Waals surface area contributed by atoms with Crippen LogP contribution >= 0.6 is 27.5 Å². The molecule has 1 aliphatic rings. The predicted octanol–water partition coefficient (Wildman–Crippen LogP) is 5.16. The van der Waals surface area contributed by atoms with Gasteiger partial charge in [-0.3, -0.25) is 0 Å². The van der Waals surface area contributed by atoms with E-state index in [0.29, 0.717) is 11.1 Å². The molecule has 1 aliphatic carbocycles. The Morgan fingerprint density at radius 3 is 2.84 bits per heavy atom. The number of hydrogen-bond acceptors (Lipinski definition) is 2. The third-order valence-electron chi connectivity index (χ3n) is 3.56. The van der Waals surface area contributed by atoms with Crippen LogP contribution in [0.2, 0.25) is 5.02 Å². The van der Waals surface area contributed by atoms with Gasteiger partial charge in [0.25, 0.3) is 0 Å². The molecular weight excluding hydrogens is 326 g/mol. The summed E-state index contributed by atoms with van der Waals surface area (Å²) in [6.07, 6.45) is 9.01. The van der Waals surface area contributed by atoms with E-state index in [1.807, 2.05) is 24.4 Å².